The second kappa shape index (κ2) is 6.55. The topological polar surface area (TPSA) is 38.0 Å². The van der Waals surface area contributed by atoms with Crippen molar-refractivity contribution >= 4 is 22.9 Å². The highest BCUT2D eigenvalue weighted by Gasteiger charge is 2.19. The first-order chi connectivity index (χ1) is 9.09. The highest BCUT2D eigenvalue weighted by Crippen LogP contribution is 2.28. The summed E-state index contributed by atoms with van der Waals surface area (Å²) in [5, 5.41) is 17.2. The number of hydrogen-bond acceptors (Lipinski definition) is 3. The van der Waals surface area contributed by atoms with Crippen molar-refractivity contribution in [1.29, 1.82) is 0 Å². The number of aromatic nitrogens is 2. The molecule has 2 aromatic rings. The second-order valence-corrected chi connectivity index (χ2v) is 6.34. The zero-order valence-corrected chi connectivity index (χ0v) is 12.8. The summed E-state index contributed by atoms with van der Waals surface area (Å²) < 4.78 is 1.80. The number of hydrogen-bond donors (Lipinski definition) is 1. The van der Waals surface area contributed by atoms with Crippen LogP contribution in [0.15, 0.2) is 23.7 Å². The summed E-state index contributed by atoms with van der Waals surface area (Å²) in [6.07, 6.45) is 3.72. The van der Waals surface area contributed by atoms with E-state index in [1.54, 1.807) is 22.2 Å². The molecule has 2 rings (SSSR count). The molecule has 0 spiro atoms. The van der Waals surface area contributed by atoms with E-state index < -0.39 is 6.10 Å². The Balaban J connectivity index is 1.96. The molecule has 2 heterocycles. The van der Waals surface area contributed by atoms with Crippen molar-refractivity contribution in [3.8, 4) is 0 Å². The van der Waals surface area contributed by atoms with E-state index in [0.29, 0.717) is 11.4 Å². The maximum absolute atomic E-state index is 10.3. The first-order valence-electron chi connectivity index (χ1n) is 6.53. The number of aliphatic hydroxyl groups is 1. The van der Waals surface area contributed by atoms with Gasteiger partial charge in [-0.15, -0.1) is 11.3 Å². The fourth-order valence-corrected chi connectivity index (χ4v) is 3.14. The van der Waals surface area contributed by atoms with Crippen LogP contribution in [-0.2, 0) is 6.42 Å². The van der Waals surface area contributed by atoms with Gasteiger partial charge in [-0.2, -0.15) is 5.10 Å². The molecule has 2 aromatic heterocycles. The van der Waals surface area contributed by atoms with Crippen molar-refractivity contribution in [3.05, 3.63) is 39.3 Å². The van der Waals surface area contributed by atoms with Gasteiger partial charge in [-0.3, -0.25) is 4.68 Å². The molecule has 19 heavy (non-hydrogen) atoms. The third-order valence-corrected chi connectivity index (χ3v) is 4.30. The van der Waals surface area contributed by atoms with Crippen LogP contribution in [0.3, 0.4) is 0 Å². The molecule has 0 bridgehead atoms. The Morgan fingerprint density at radius 2 is 2.26 bits per heavy atom. The predicted octanol–water partition coefficient (Wildman–Crippen LogP) is 4.24. The van der Waals surface area contributed by atoms with Crippen LogP contribution in [-0.4, -0.2) is 14.9 Å². The molecule has 104 valence electrons. The molecule has 5 heteroatoms. The Kier molecular flexibility index (Phi) is 5.02. The summed E-state index contributed by atoms with van der Waals surface area (Å²) in [6.45, 7) is 4.07. The molecule has 1 unspecified atom stereocenters. The number of halogens is 1. The van der Waals surface area contributed by atoms with Crippen LogP contribution in [0.5, 0.6) is 0 Å². The minimum Gasteiger partial charge on any atom is -0.387 e. The van der Waals surface area contributed by atoms with E-state index in [1.165, 1.54) is 4.88 Å². The van der Waals surface area contributed by atoms with Gasteiger partial charge in [-0.25, -0.2) is 0 Å². The fraction of sp³-hybridized carbons (Fsp3) is 0.500. The van der Waals surface area contributed by atoms with Gasteiger partial charge in [0.2, 0.25) is 0 Å². The van der Waals surface area contributed by atoms with Crippen molar-refractivity contribution in [2.75, 3.05) is 0 Å². The van der Waals surface area contributed by atoms with Crippen molar-refractivity contribution in [2.45, 2.75) is 45.3 Å². The Morgan fingerprint density at radius 3 is 2.89 bits per heavy atom. The van der Waals surface area contributed by atoms with Gasteiger partial charge in [0, 0.05) is 10.9 Å². The van der Waals surface area contributed by atoms with E-state index in [2.05, 4.69) is 22.6 Å². The quantitative estimate of drug-likeness (QED) is 0.866. The van der Waals surface area contributed by atoms with Gasteiger partial charge in [0.25, 0.3) is 0 Å². The van der Waals surface area contributed by atoms with Gasteiger partial charge < -0.3 is 5.11 Å². The lowest BCUT2D eigenvalue weighted by atomic mass is 10.1. The lowest BCUT2D eigenvalue weighted by molar-refractivity contribution is 0.152. The van der Waals surface area contributed by atoms with Gasteiger partial charge in [-0.1, -0.05) is 17.7 Å². The lowest BCUT2D eigenvalue weighted by Crippen LogP contribution is -2.12. The average Bonchev–Trinajstić information content (AvgIpc) is 2.98. The first kappa shape index (κ1) is 14.6. The highest BCUT2D eigenvalue weighted by molar-refractivity contribution is 7.09. The van der Waals surface area contributed by atoms with E-state index in [1.807, 2.05) is 13.8 Å². The monoisotopic (exact) mass is 298 g/mol. The Morgan fingerprint density at radius 1 is 1.47 bits per heavy atom. The average molecular weight is 299 g/mol. The molecule has 0 radical (unpaired) electrons. The van der Waals surface area contributed by atoms with Crippen LogP contribution in [0.25, 0.3) is 0 Å². The Bertz CT molecular complexity index is 508. The zero-order chi connectivity index (χ0) is 13.8. The summed E-state index contributed by atoms with van der Waals surface area (Å²) >= 11 is 7.88. The van der Waals surface area contributed by atoms with Crippen molar-refractivity contribution < 1.29 is 5.11 Å². The molecule has 0 saturated carbocycles. The van der Waals surface area contributed by atoms with Crippen LogP contribution in [0.1, 0.15) is 49.4 Å². The van der Waals surface area contributed by atoms with Gasteiger partial charge in [0.05, 0.1) is 23.0 Å². The summed E-state index contributed by atoms with van der Waals surface area (Å²) in [6, 6.07) is 4.39. The summed E-state index contributed by atoms with van der Waals surface area (Å²) in [5.41, 5.74) is 0.739. The SMILES string of the molecule is CC(C)n1ncc(Cl)c1C(O)CCCc1cccs1. The van der Waals surface area contributed by atoms with Gasteiger partial charge in [0.1, 0.15) is 0 Å². The largest absolute Gasteiger partial charge is 0.387 e. The smallest absolute Gasteiger partial charge is 0.0972 e. The number of aryl methyl sites for hydroxylation is 1. The van der Waals surface area contributed by atoms with Gasteiger partial charge in [0.15, 0.2) is 0 Å². The molecule has 0 aliphatic carbocycles. The van der Waals surface area contributed by atoms with E-state index >= 15 is 0 Å². The maximum Gasteiger partial charge on any atom is 0.0972 e. The maximum atomic E-state index is 10.3. The molecule has 0 saturated heterocycles. The molecule has 0 amide bonds. The van der Waals surface area contributed by atoms with E-state index in [9.17, 15) is 5.11 Å². The molecule has 0 aliphatic heterocycles. The first-order valence-corrected chi connectivity index (χ1v) is 7.78. The number of aliphatic hydroxyl groups excluding tert-OH is 1. The minimum absolute atomic E-state index is 0.203. The third-order valence-electron chi connectivity index (χ3n) is 3.07. The molecule has 0 aliphatic rings. The van der Waals surface area contributed by atoms with E-state index in [0.717, 1.165) is 18.5 Å². The summed E-state index contributed by atoms with van der Waals surface area (Å²) in [7, 11) is 0. The molecule has 0 aromatic carbocycles. The van der Waals surface area contributed by atoms with Crippen LogP contribution >= 0.6 is 22.9 Å². The van der Waals surface area contributed by atoms with E-state index in [4.69, 9.17) is 11.6 Å². The van der Waals surface area contributed by atoms with Crippen molar-refractivity contribution in [1.82, 2.24) is 9.78 Å². The van der Waals surface area contributed by atoms with Gasteiger partial charge in [-0.05, 0) is 44.6 Å². The van der Waals surface area contributed by atoms with Crippen LogP contribution < -0.4 is 0 Å². The molecular weight excluding hydrogens is 280 g/mol. The lowest BCUT2D eigenvalue weighted by Gasteiger charge is -2.16. The van der Waals surface area contributed by atoms with Crippen LogP contribution in [0.2, 0.25) is 5.02 Å². The van der Waals surface area contributed by atoms with Crippen molar-refractivity contribution in [2.24, 2.45) is 0 Å². The normalized spacial score (nSPS) is 13.1. The molecular formula is C14H19ClN2OS. The standard InChI is InChI=1S/C14H19ClN2OS/c1-10(2)17-14(12(15)9-16-17)13(18)7-3-5-11-6-4-8-19-11/h4,6,8-10,13,18H,3,5,7H2,1-2H3. The second-order valence-electron chi connectivity index (χ2n) is 4.90. The number of rotatable bonds is 6. The molecule has 3 nitrogen and oxygen atoms in total. The fourth-order valence-electron chi connectivity index (χ4n) is 2.14. The van der Waals surface area contributed by atoms with Gasteiger partial charge >= 0.3 is 0 Å². The van der Waals surface area contributed by atoms with Crippen LogP contribution in [0, 0.1) is 0 Å². The Hall–Kier alpha value is -0.840. The molecule has 1 N–H and O–H groups in total. The highest BCUT2D eigenvalue weighted by atomic mass is 35.5. The van der Waals surface area contributed by atoms with Crippen LogP contribution in [0.4, 0.5) is 0 Å². The number of thiophene rings is 1. The van der Waals surface area contributed by atoms with Crippen molar-refractivity contribution in [3.63, 3.8) is 0 Å². The van der Waals surface area contributed by atoms with E-state index in [-0.39, 0.29) is 6.04 Å². The zero-order valence-electron chi connectivity index (χ0n) is 11.2. The minimum atomic E-state index is -0.544. The predicted molar refractivity (Wildman–Crippen MR) is 79.8 cm³/mol. The molecule has 1 atom stereocenters. The third kappa shape index (κ3) is 3.59. The Labute approximate surface area is 122 Å². The summed E-state index contributed by atoms with van der Waals surface area (Å²) in [5.74, 6) is 0. The molecule has 0 fully saturated rings. The number of nitrogens with zero attached hydrogens (tertiary/aromatic N) is 2. The summed E-state index contributed by atoms with van der Waals surface area (Å²) in [4.78, 5) is 1.36.